The fourth-order valence-electron chi connectivity index (χ4n) is 3.76. The Balaban J connectivity index is 2.15. The molecule has 0 aliphatic carbocycles. The first-order valence-corrected chi connectivity index (χ1v) is 11.8. The minimum atomic E-state index is -3.59. The molecule has 1 heterocycles. The van der Waals surface area contributed by atoms with Crippen molar-refractivity contribution in [2.24, 2.45) is 0 Å². The van der Waals surface area contributed by atoms with Gasteiger partial charge in [0.1, 0.15) is 0 Å². The van der Waals surface area contributed by atoms with Crippen molar-refractivity contribution in [3.05, 3.63) is 29.3 Å². The highest BCUT2D eigenvalue weighted by Gasteiger charge is 2.31. The second-order valence-electron chi connectivity index (χ2n) is 7.92. The van der Waals surface area contributed by atoms with Gasteiger partial charge in [0.25, 0.3) is 5.91 Å². The van der Waals surface area contributed by atoms with Crippen molar-refractivity contribution < 1.29 is 13.2 Å². The maximum Gasteiger partial charge on any atom is 0.251 e. The third-order valence-electron chi connectivity index (χ3n) is 5.62. The zero-order valence-corrected chi connectivity index (χ0v) is 18.7. The molecule has 0 bridgehead atoms. The van der Waals surface area contributed by atoms with Gasteiger partial charge in [-0.15, -0.1) is 0 Å². The molecule has 158 valence electrons. The predicted octanol–water partition coefficient (Wildman–Crippen LogP) is 3.02. The Labute approximate surface area is 170 Å². The van der Waals surface area contributed by atoms with Gasteiger partial charge in [0.05, 0.1) is 4.90 Å². The van der Waals surface area contributed by atoms with E-state index in [1.165, 1.54) is 6.07 Å². The number of sulfonamides is 1. The number of carbonyl (C=O) groups is 1. The van der Waals surface area contributed by atoms with Crippen LogP contribution in [-0.2, 0) is 10.0 Å². The van der Waals surface area contributed by atoms with Gasteiger partial charge in [0.15, 0.2) is 0 Å². The van der Waals surface area contributed by atoms with Crippen LogP contribution in [0.15, 0.2) is 23.1 Å². The Bertz CT molecular complexity index is 777. The molecule has 1 amide bonds. The van der Waals surface area contributed by atoms with Crippen LogP contribution in [0.25, 0.3) is 0 Å². The number of likely N-dealkylation sites (N-methyl/N-ethyl adjacent to an activating group) is 1. The van der Waals surface area contributed by atoms with Crippen molar-refractivity contribution in [3.63, 3.8) is 0 Å². The van der Waals surface area contributed by atoms with E-state index in [2.05, 4.69) is 31.0 Å². The molecule has 1 aromatic rings. The Morgan fingerprint density at radius 3 is 2.64 bits per heavy atom. The summed E-state index contributed by atoms with van der Waals surface area (Å²) < 4.78 is 27.8. The molecule has 6 nitrogen and oxygen atoms in total. The molecule has 0 spiro atoms. The molecule has 1 N–H and O–H groups in total. The number of rotatable bonds is 8. The normalized spacial score (nSPS) is 18.6. The van der Waals surface area contributed by atoms with E-state index in [0.29, 0.717) is 24.7 Å². The summed E-state index contributed by atoms with van der Waals surface area (Å²) in [5.74, 6) is -0.221. The largest absolute Gasteiger partial charge is 0.351 e. The monoisotopic (exact) mass is 409 g/mol. The summed E-state index contributed by atoms with van der Waals surface area (Å²) in [4.78, 5) is 15.2. The van der Waals surface area contributed by atoms with Crippen LogP contribution in [0.4, 0.5) is 0 Å². The van der Waals surface area contributed by atoms with E-state index in [1.807, 2.05) is 13.8 Å². The van der Waals surface area contributed by atoms with Crippen LogP contribution in [0, 0.1) is 6.92 Å². The molecule has 1 unspecified atom stereocenters. The molecule has 1 saturated heterocycles. The van der Waals surface area contributed by atoms with Crippen LogP contribution in [0.3, 0.4) is 0 Å². The third kappa shape index (κ3) is 5.33. The van der Waals surface area contributed by atoms with Crippen LogP contribution in [-0.4, -0.2) is 61.8 Å². The SMILES string of the molecule is CCN(CCNC(=O)c1cc(S(=O)(=O)N2CCCCC2C)ccc1C)C(C)C. The van der Waals surface area contributed by atoms with Crippen molar-refractivity contribution in [1.82, 2.24) is 14.5 Å². The van der Waals surface area contributed by atoms with Crippen LogP contribution >= 0.6 is 0 Å². The fraction of sp³-hybridized carbons (Fsp3) is 0.667. The Morgan fingerprint density at radius 2 is 2.04 bits per heavy atom. The minimum absolute atomic E-state index is 0.00612. The summed E-state index contributed by atoms with van der Waals surface area (Å²) in [5, 5.41) is 2.94. The fourth-order valence-corrected chi connectivity index (χ4v) is 5.49. The van der Waals surface area contributed by atoms with Crippen molar-refractivity contribution >= 4 is 15.9 Å². The summed E-state index contributed by atoms with van der Waals surface area (Å²) in [7, 11) is -3.59. The lowest BCUT2D eigenvalue weighted by Crippen LogP contribution is -2.42. The number of carbonyl (C=O) groups excluding carboxylic acids is 1. The van der Waals surface area contributed by atoms with E-state index < -0.39 is 10.0 Å². The van der Waals surface area contributed by atoms with Gasteiger partial charge in [0.2, 0.25) is 10.0 Å². The van der Waals surface area contributed by atoms with Gasteiger partial charge < -0.3 is 5.32 Å². The molecule has 1 aromatic carbocycles. The van der Waals surface area contributed by atoms with E-state index in [0.717, 1.165) is 37.9 Å². The molecular weight excluding hydrogens is 374 g/mol. The summed E-state index contributed by atoms with van der Waals surface area (Å²) in [5.41, 5.74) is 1.21. The zero-order chi connectivity index (χ0) is 20.9. The molecule has 1 aliphatic heterocycles. The highest BCUT2D eigenvalue weighted by Crippen LogP contribution is 2.26. The summed E-state index contributed by atoms with van der Waals surface area (Å²) in [6, 6.07) is 5.28. The first-order valence-electron chi connectivity index (χ1n) is 10.3. The molecule has 0 aromatic heterocycles. The average Bonchev–Trinajstić information content (AvgIpc) is 2.65. The number of piperidine rings is 1. The molecule has 1 aliphatic rings. The summed E-state index contributed by atoms with van der Waals surface area (Å²) in [6.07, 6.45) is 2.81. The number of hydrogen-bond donors (Lipinski definition) is 1. The average molecular weight is 410 g/mol. The van der Waals surface area contributed by atoms with Gasteiger partial charge in [-0.2, -0.15) is 4.31 Å². The number of hydrogen-bond acceptors (Lipinski definition) is 4. The van der Waals surface area contributed by atoms with Gasteiger partial charge >= 0.3 is 0 Å². The van der Waals surface area contributed by atoms with E-state index >= 15 is 0 Å². The van der Waals surface area contributed by atoms with E-state index in [9.17, 15) is 13.2 Å². The van der Waals surface area contributed by atoms with Gasteiger partial charge in [-0.25, -0.2) is 8.42 Å². The number of aryl methyl sites for hydroxylation is 1. The Kier molecular flexibility index (Phi) is 8.04. The smallest absolute Gasteiger partial charge is 0.251 e. The van der Waals surface area contributed by atoms with Crippen molar-refractivity contribution in [2.75, 3.05) is 26.2 Å². The van der Waals surface area contributed by atoms with Crippen LogP contribution < -0.4 is 5.32 Å². The molecule has 28 heavy (non-hydrogen) atoms. The Morgan fingerprint density at radius 1 is 1.32 bits per heavy atom. The molecule has 2 rings (SSSR count). The number of nitrogens with zero attached hydrogens (tertiary/aromatic N) is 2. The number of amides is 1. The summed E-state index contributed by atoms with van der Waals surface area (Å²) in [6.45, 7) is 12.9. The standard InChI is InChI=1S/C21H35N3O3S/c1-6-23(16(2)3)14-12-22-21(25)20-15-19(11-10-17(20)4)28(26,27)24-13-8-7-9-18(24)5/h10-11,15-16,18H,6-9,12-14H2,1-5H3,(H,22,25). The van der Waals surface area contributed by atoms with E-state index in [-0.39, 0.29) is 16.8 Å². The first kappa shape index (κ1) is 22.8. The van der Waals surface area contributed by atoms with Crippen molar-refractivity contribution in [1.29, 1.82) is 0 Å². The molecule has 1 fully saturated rings. The Hall–Kier alpha value is -1.44. The zero-order valence-electron chi connectivity index (χ0n) is 17.9. The summed E-state index contributed by atoms with van der Waals surface area (Å²) >= 11 is 0. The maximum atomic E-state index is 13.1. The molecule has 0 radical (unpaired) electrons. The molecular formula is C21H35N3O3S. The van der Waals surface area contributed by atoms with Crippen LogP contribution in [0.5, 0.6) is 0 Å². The van der Waals surface area contributed by atoms with Crippen LogP contribution in [0.2, 0.25) is 0 Å². The first-order chi connectivity index (χ1) is 13.2. The quantitative estimate of drug-likeness (QED) is 0.717. The number of benzene rings is 1. The molecule has 7 heteroatoms. The minimum Gasteiger partial charge on any atom is -0.351 e. The molecule has 0 saturated carbocycles. The number of nitrogens with one attached hydrogen (secondary N) is 1. The lowest BCUT2D eigenvalue weighted by molar-refractivity contribution is 0.0945. The van der Waals surface area contributed by atoms with Gasteiger partial charge in [-0.05, 0) is 64.8 Å². The van der Waals surface area contributed by atoms with Crippen molar-refractivity contribution in [3.8, 4) is 0 Å². The van der Waals surface area contributed by atoms with E-state index in [4.69, 9.17) is 0 Å². The van der Waals surface area contributed by atoms with E-state index in [1.54, 1.807) is 16.4 Å². The van der Waals surface area contributed by atoms with Gasteiger partial charge in [-0.1, -0.05) is 19.4 Å². The lowest BCUT2D eigenvalue weighted by Gasteiger charge is -2.32. The predicted molar refractivity (Wildman–Crippen MR) is 113 cm³/mol. The molecule has 1 atom stereocenters. The van der Waals surface area contributed by atoms with Crippen molar-refractivity contribution in [2.45, 2.75) is 70.9 Å². The van der Waals surface area contributed by atoms with Gasteiger partial charge in [0, 0.05) is 37.3 Å². The second-order valence-corrected chi connectivity index (χ2v) is 9.81. The second kappa shape index (κ2) is 9.85. The highest BCUT2D eigenvalue weighted by molar-refractivity contribution is 7.89. The third-order valence-corrected chi connectivity index (χ3v) is 7.63. The topological polar surface area (TPSA) is 69.7 Å². The maximum absolute atomic E-state index is 13.1. The van der Waals surface area contributed by atoms with Gasteiger partial charge in [-0.3, -0.25) is 9.69 Å². The lowest BCUT2D eigenvalue weighted by atomic mass is 10.1. The van der Waals surface area contributed by atoms with Crippen LogP contribution in [0.1, 0.15) is 62.9 Å². The highest BCUT2D eigenvalue weighted by atomic mass is 32.2.